The molecule has 1 aliphatic rings. The van der Waals surface area contributed by atoms with Gasteiger partial charge in [-0.05, 0) is 24.3 Å². The fourth-order valence-corrected chi connectivity index (χ4v) is 6.82. The molecule has 1 fully saturated rings. The van der Waals surface area contributed by atoms with E-state index in [1.807, 2.05) is 13.8 Å². The third kappa shape index (κ3) is 14.4. The fraction of sp³-hybridized carbons (Fsp3) is 0.733. The minimum Gasteiger partial charge on any atom is -0.448 e. The zero-order valence-corrected chi connectivity index (χ0v) is 23.3. The quantitative estimate of drug-likeness (QED) is 0.0800. The molecule has 1 heterocycles. The molecule has 210 valence electrons. The molecule has 0 bridgehead atoms. The molecule has 1 aliphatic heterocycles. The highest BCUT2D eigenvalue weighted by Crippen LogP contribution is 2.66. The van der Waals surface area contributed by atoms with Crippen LogP contribution in [0.1, 0.15) is 13.8 Å². The lowest BCUT2D eigenvalue weighted by atomic mass is 9.65. The van der Waals surface area contributed by atoms with E-state index in [4.69, 9.17) is 23.8 Å². The van der Waals surface area contributed by atoms with Crippen LogP contribution in [-0.4, -0.2) is 91.7 Å². The molecule has 36 heavy (non-hydrogen) atoms. The van der Waals surface area contributed by atoms with Gasteiger partial charge in [0.2, 0.25) is 0 Å². The normalized spacial score (nSPS) is 26.3. The molecule has 1 saturated heterocycles. The van der Waals surface area contributed by atoms with Gasteiger partial charge in [0.25, 0.3) is 7.57 Å². The van der Waals surface area contributed by atoms with E-state index >= 15 is 0 Å². The second-order valence-electron chi connectivity index (χ2n) is 7.98. The highest BCUT2D eigenvalue weighted by atomic mass is 32.2. The Kier molecular flexibility index (Phi) is 13.0. The summed E-state index contributed by atoms with van der Waals surface area (Å²) < 4.78 is 68.0. The van der Waals surface area contributed by atoms with Gasteiger partial charge in [0, 0.05) is 18.8 Å². The monoisotopic (exact) mass is 600 g/mol. The molecule has 0 aromatic rings. The summed E-state index contributed by atoms with van der Waals surface area (Å²) in [5.41, 5.74) is 0. The molecular formula is C15H32BN2O14P3S. The van der Waals surface area contributed by atoms with Gasteiger partial charge in [-0.15, -0.1) is 5.98 Å². The van der Waals surface area contributed by atoms with Crippen molar-refractivity contribution in [2.75, 3.05) is 31.9 Å². The van der Waals surface area contributed by atoms with Crippen LogP contribution >= 0.6 is 23.2 Å². The van der Waals surface area contributed by atoms with Crippen molar-refractivity contribution in [1.29, 1.82) is 0 Å². The van der Waals surface area contributed by atoms with Crippen molar-refractivity contribution in [2.24, 2.45) is 11.8 Å². The first-order valence-electron chi connectivity index (χ1n) is 10.3. The molecule has 1 rings (SSSR count). The molecule has 16 nitrogen and oxygen atoms in total. The summed E-state index contributed by atoms with van der Waals surface area (Å²) in [4.78, 5) is 48.2. The van der Waals surface area contributed by atoms with E-state index in [1.54, 1.807) is 5.98 Å². The molecule has 0 aromatic carbocycles. The average Bonchev–Trinajstić information content (AvgIpc) is 2.93. The molecule has 0 aromatic heterocycles. The second kappa shape index (κ2) is 14.0. The SMILES string of the molecule is C=P(O)(OCC1OC(B/C=C/NC(=O)OCCNCS(C)(=O)=O)C(C)C1C)OP(=O)(O)OP(=O)(O)O. The third-order valence-electron chi connectivity index (χ3n) is 4.80. The van der Waals surface area contributed by atoms with Gasteiger partial charge in [-0.25, -0.2) is 26.7 Å². The van der Waals surface area contributed by atoms with Crippen molar-refractivity contribution in [3.05, 3.63) is 12.2 Å². The Labute approximate surface area is 209 Å². The standard InChI is InChI=1S/C15H32BN2O14P3S/c1-11-12(2)14(16-5-6-18-15(19)28-8-7-17-10-36(4,26)27)30-13(11)9-29-33(3,20)31-35(24,25)32-34(21,22)23/h5-6,11-14,16-17,20H,3,7-10H2,1-2,4H3,(H,18,19)(H,24,25)(H2,21,22,23)/b6-5+. The smallest absolute Gasteiger partial charge is 0.448 e. The highest BCUT2D eigenvalue weighted by molar-refractivity contribution is 7.90. The topological polar surface area (TPSA) is 236 Å². The number of hydrogen-bond donors (Lipinski definition) is 6. The van der Waals surface area contributed by atoms with Gasteiger partial charge in [-0.1, -0.05) is 13.8 Å². The third-order valence-corrected chi connectivity index (χ3v) is 9.60. The van der Waals surface area contributed by atoms with Gasteiger partial charge in [-0.3, -0.25) is 5.32 Å². The Morgan fingerprint density at radius 2 is 1.81 bits per heavy atom. The number of nitrogens with one attached hydrogen (secondary N) is 2. The molecule has 0 saturated carbocycles. The minimum absolute atomic E-state index is 0.00946. The van der Waals surface area contributed by atoms with Crippen molar-refractivity contribution in [3.63, 3.8) is 0 Å². The van der Waals surface area contributed by atoms with E-state index in [9.17, 15) is 32.1 Å². The summed E-state index contributed by atoms with van der Waals surface area (Å²) in [7, 11) is -17.7. The van der Waals surface area contributed by atoms with E-state index in [0.29, 0.717) is 7.28 Å². The van der Waals surface area contributed by atoms with Crippen LogP contribution in [0.15, 0.2) is 12.2 Å². The highest BCUT2D eigenvalue weighted by Gasteiger charge is 2.41. The maximum Gasteiger partial charge on any atom is 0.487 e. The van der Waals surface area contributed by atoms with Gasteiger partial charge in [0.1, 0.15) is 6.61 Å². The van der Waals surface area contributed by atoms with Crippen LogP contribution in [0.3, 0.4) is 0 Å². The minimum atomic E-state index is -5.38. The predicted molar refractivity (Wildman–Crippen MR) is 132 cm³/mol. The van der Waals surface area contributed by atoms with Crippen molar-refractivity contribution in [1.82, 2.24) is 10.6 Å². The summed E-state index contributed by atoms with van der Waals surface area (Å²) in [5, 5.41) is 5.01. The zero-order valence-electron chi connectivity index (χ0n) is 19.8. The predicted octanol–water partition coefficient (Wildman–Crippen LogP) is -0.361. The van der Waals surface area contributed by atoms with Gasteiger partial charge in [0.15, 0.2) is 17.1 Å². The van der Waals surface area contributed by atoms with Crippen LogP contribution in [0.5, 0.6) is 0 Å². The summed E-state index contributed by atoms with van der Waals surface area (Å²) in [5.74, 6) is 1.33. The van der Waals surface area contributed by atoms with Gasteiger partial charge in [0.05, 0.1) is 18.6 Å². The van der Waals surface area contributed by atoms with Crippen molar-refractivity contribution in [3.8, 4) is 0 Å². The Morgan fingerprint density at radius 3 is 2.39 bits per heavy atom. The lowest BCUT2D eigenvalue weighted by molar-refractivity contribution is 0.0311. The molecule has 0 radical (unpaired) electrons. The first-order chi connectivity index (χ1) is 16.3. The number of phosphoric acid groups is 2. The van der Waals surface area contributed by atoms with Crippen molar-refractivity contribution in [2.45, 2.75) is 26.0 Å². The number of carbonyl (C=O) groups excluding carboxylic acids is 1. The Bertz CT molecular complexity index is 1020. The Morgan fingerprint density at radius 1 is 1.17 bits per heavy atom. The van der Waals surface area contributed by atoms with E-state index in [2.05, 4.69) is 25.6 Å². The van der Waals surface area contributed by atoms with E-state index < -0.39 is 45.2 Å². The van der Waals surface area contributed by atoms with Gasteiger partial charge >= 0.3 is 21.7 Å². The van der Waals surface area contributed by atoms with Crippen LogP contribution in [-0.2, 0) is 41.6 Å². The lowest BCUT2D eigenvalue weighted by Crippen LogP contribution is -2.28. The average molecular weight is 600 g/mol. The maximum absolute atomic E-state index is 11.6. The first kappa shape index (κ1) is 33.5. The summed E-state index contributed by atoms with van der Waals surface area (Å²) in [6, 6.07) is -0.304. The van der Waals surface area contributed by atoms with Crippen LogP contribution in [0.4, 0.5) is 4.79 Å². The Hall–Kier alpha value is -0.575. The molecule has 6 atom stereocenters. The number of hydrogen-bond acceptors (Lipinski definition) is 12. The molecule has 0 aliphatic carbocycles. The summed E-state index contributed by atoms with van der Waals surface area (Å²) >= 11 is 0. The van der Waals surface area contributed by atoms with Gasteiger partial charge < -0.3 is 38.9 Å². The number of amides is 1. The lowest BCUT2D eigenvalue weighted by Gasteiger charge is -2.23. The zero-order chi connectivity index (χ0) is 27.8. The first-order valence-corrected chi connectivity index (χ1v) is 17.2. The number of carbonyl (C=O) groups is 1. The number of rotatable bonds is 15. The molecule has 0 spiro atoms. The molecule has 21 heteroatoms. The largest absolute Gasteiger partial charge is 0.487 e. The second-order valence-corrected chi connectivity index (χ2v) is 14.9. The van der Waals surface area contributed by atoms with Crippen molar-refractivity contribution < 1.29 is 64.5 Å². The van der Waals surface area contributed by atoms with Crippen LogP contribution in [0.25, 0.3) is 0 Å². The number of sulfone groups is 1. The number of alkyl carbamates (subject to hydrolysis) is 1. The summed E-state index contributed by atoms with van der Waals surface area (Å²) in [6.45, 7) is 3.60. The molecule has 1 amide bonds. The van der Waals surface area contributed by atoms with E-state index in [0.717, 1.165) is 6.26 Å². The van der Waals surface area contributed by atoms with Crippen LogP contribution in [0, 0.1) is 11.8 Å². The van der Waals surface area contributed by atoms with E-state index in [1.165, 1.54) is 6.20 Å². The van der Waals surface area contributed by atoms with Crippen molar-refractivity contribution >= 4 is 52.7 Å². The maximum atomic E-state index is 11.6. The number of ether oxygens (including phenoxy) is 2. The fourth-order valence-electron chi connectivity index (χ4n) is 2.98. The molecule has 6 N–H and O–H groups in total. The van der Waals surface area contributed by atoms with Crippen LogP contribution < -0.4 is 10.6 Å². The van der Waals surface area contributed by atoms with Crippen LogP contribution in [0.2, 0.25) is 0 Å². The van der Waals surface area contributed by atoms with E-state index in [-0.39, 0.29) is 43.5 Å². The molecular weight excluding hydrogens is 568 g/mol. The van der Waals surface area contributed by atoms with Gasteiger partial charge in [-0.2, -0.15) is 4.31 Å². The summed E-state index contributed by atoms with van der Waals surface area (Å²) in [6.07, 6.45) is 4.27. The molecule has 6 unspecified atom stereocenters. The Balaban J connectivity index is 2.43.